The number of carbonyl (C=O) groups excluding carboxylic acids is 1. The van der Waals surface area contributed by atoms with Crippen molar-refractivity contribution in [3.8, 4) is 11.5 Å². The number of carbonyl (C=O) groups is 1. The lowest BCUT2D eigenvalue weighted by atomic mass is 10.2. The molecule has 0 aromatic heterocycles. The van der Waals surface area contributed by atoms with Crippen LogP contribution in [-0.2, 0) is 0 Å². The number of amides is 2. The first-order valence-electron chi connectivity index (χ1n) is 9.25. The molecule has 1 aliphatic carbocycles. The van der Waals surface area contributed by atoms with Crippen LogP contribution in [0.25, 0.3) is 0 Å². The fourth-order valence-corrected chi connectivity index (χ4v) is 4.11. The number of anilines is 2. The summed E-state index contributed by atoms with van der Waals surface area (Å²) in [6.07, 6.45) is 0. The zero-order valence-electron chi connectivity index (χ0n) is 15.0. The minimum Gasteiger partial charge on any atom is -0.486 e. The first-order chi connectivity index (χ1) is 13.6. The minimum atomic E-state index is -0.582. The number of hydrogen-bond acceptors (Lipinski definition) is 4. The summed E-state index contributed by atoms with van der Waals surface area (Å²) in [5, 5.41) is 5.79. The molecule has 1 saturated heterocycles. The third-order valence-corrected chi connectivity index (χ3v) is 5.54. The molecule has 28 heavy (non-hydrogen) atoms. The number of benzene rings is 2. The summed E-state index contributed by atoms with van der Waals surface area (Å²) >= 11 is 0. The van der Waals surface area contributed by atoms with Crippen LogP contribution in [0.2, 0.25) is 0 Å². The molecule has 3 aliphatic rings. The summed E-state index contributed by atoms with van der Waals surface area (Å²) < 4.78 is 38.0. The predicted molar refractivity (Wildman–Crippen MR) is 98.9 cm³/mol. The van der Waals surface area contributed by atoms with Crippen molar-refractivity contribution < 1.29 is 23.0 Å². The fraction of sp³-hybridized carbons (Fsp3) is 0.350. The molecule has 0 spiro atoms. The highest BCUT2D eigenvalue weighted by atomic mass is 19.1. The molecule has 2 aromatic carbocycles. The second-order valence-corrected chi connectivity index (χ2v) is 7.31. The molecule has 146 valence electrons. The third kappa shape index (κ3) is 3.08. The number of nitrogens with one attached hydrogen (secondary N) is 2. The van der Waals surface area contributed by atoms with Gasteiger partial charge in [0.15, 0.2) is 11.5 Å². The van der Waals surface area contributed by atoms with Crippen molar-refractivity contribution in [3.05, 3.63) is 48.0 Å². The van der Waals surface area contributed by atoms with Gasteiger partial charge in [-0.3, -0.25) is 0 Å². The smallest absolute Gasteiger partial charge is 0.319 e. The van der Waals surface area contributed by atoms with Crippen LogP contribution < -0.4 is 25.0 Å². The molecule has 6 nitrogen and oxygen atoms in total. The summed E-state index contributed by atoms with van der Waals surface area (Å²) in [4.78, 5) is 14.2. The Labute approximate surface area is 160 Å². The quantitative estimate of drug-likeness (QED) is 0.850. The van der Waals surface area contributed by atoms with Crippen LogP contribution in [0.5, 0.6) is 11.5 Å². The number of halogens is 2. The van der Waals surface area contributed by atoms with E-state index in [1.165, 1.54) is 12.1 Å². The van der Waals surface area contributed by atoms with Gasteiger partial charge in [0.1, 0.15) is 24.8 Å². The second kappa shape index (κ2) is 6.54. The van der Waals surface area contributed by atoms with Gasteiger partial charge in [-0.25, -0.2) is 13.6 Å². The average Bonchev–Trinajstić information content (AvgIpc) is 3.10. The van der Waals surface area contributed by atoms with Gasteiger partial charge in [0, 0.05) is 48.8 Å². The van der Waals surface area contributed by atoms with Crippen LogP contribution in [-0.4, -0.2) is 38.4 Å². The van der Waals surface area contributed by atoms with Crippen LogP contribution in [0.3, 0.4) is 0 Å². The Morgan fingerprint density at radius 1 is 1.00 bits per heavy atom. The topological polar surface area (TPSA) is 62.8 Å². The molecule has 2 amide bonds. The number of rotatable bonds is 3. The normalized spacial score (nSPS) is 24.5. The summed E-state index contributed by atoms with van der Waals surface area (Å²) in [7, 11) is 0. The zero-order chi connectivity index (χ0) is 19.3. The van der Waals surface area contributed by atoms with E-state index in [1.807, 2.05) is 4.90 Å². The Morgan fingerprint density at radius 2 is 1.75 bits per heavy atom. The maximum Gasteiger partial charge on any atom is 0.319 e. The monoisotopic (exact) mass is 387 g/mol. The van der Waals surface area contributed by atoms with E-state index in [1.54, 1.807) is 18.2 Å². The minimum absolute atomic E-state index is 0.0666. The van der Waals surface area contributed by atoms with Crippen molar-refractivity contribution >= 4 is 17.4 Å². The van der Waals surface area contributed by atoms with Crippen LogP contribution in [0, 0.1) is 23.5 Å². The molecule has 2 aromatic rings. The Kier molecular flexibility index (Phi) is 3.99. The fourth-order valence-electron chi connectivity index (χ4n) is 4.11. The molecule has 8 heteroatoms. The summed E-state index contributed by atoms with van der Waals surface area (Å²) in [6, 6.07) is 8.68. The van der Waals surface area contributed by atoms with E-state index < -0.39 is 11.6 Å². The van der Waals surface area contributed by atoms with Gasteiger partial charge >= 0.3 is 6.03 Å². The van der Waals surface area contributed by atoms with E-state index >= 15 is 0 Å². The number of nitrogens with zero attached hydrogens (tertiary/aromatic N) is 1. The first kappa shape index (κ1) is 17.1. The van der Waals surface area contributed by atoms with Crippen molar-refractivity contribution in [2.45, 2.75) is 6.04 Å². The molecule has 0 radical (unpaired) electrons. The van der Waals surface area contributed by atoms with Crippen molar-refractivity contribution in [3.63, 3.8) is 0 Å². The van der Waals surface area contributed by atoms with Crippen molar-refractivity contribution in [1.29, 1.82) is 0 Å². The molecular weight excluding hydrogens is 368 g/mol. The Balaban J connectivity index is 1.16. The maximum absolute atomic E-state index is 13.9. The SMILES string of the molecule is O=C(Nc1ccc2c(c1)OCCO2)NC1[C@H]2CN(c3ccc(F)cc3F)C[C@@H]12. The molecule has 1 saturated carbocycles. The third-order valence-electron chi connectivity index (χ3n) is 5.54. The van der Waals surface area contributed by atoms with Gasteiger partial charge in [-0.2, -0.15) is 0 Å². The average molecular weight is 387 g/mol. The maximum atomic E-state index is 13.9. The Bertz CT molecular complexity index is 927. The van der Waals surface area contributed by atoms with E-state index in [0.29, 0.717) is 49.2 Å². The predicted octanol–water partition coefficient (Wildman–Crippen LogP) is 2.99. The molecule has 2 N–H and O–H groups in total. The molecule has 2 aliphatic heterocycles. The Hall–Kier alpha value is -3.03. The van der Waals surface area contributed by atoms with Crippen LogP contribution in [0.15, 0.2) is 36.4 Å². The summed E-state index contributed by atoms with van der Waals surface area (Å²) in [6.45, 7) is 2.28. The lowest BCUT2D eigenvalue weighted by Crippen LogP contribution is -2.37. The number of piperidine rings is 1. The number of urea groups is 1. The van der Waals surface area contributed by atoms with Gasteiger partial charge in [-0.05, 0) is 24.3 Å². The second-order valence-electron chi connectivity index (χ2n) is 7.31. The van der Waals surface area contributed by atoms with Gasteiger partial charge in [-0.1, -0.05) is 0 Å². The number of ether oxygens (including phenoxy) is 2. The van der Waals surface area contributed by atoms with Crippen LogP contribution in [0.4, 0.5) is 25.0 Å². The highest BCUT2D eigenvalue weighted by Gasteiger charge is 2.56. The largest absolute Gasteiger partial charge is 0.486 e. The number of hydrogen-bond donors (Lipinski definition) is 2. The van der Waals surface area contributed by atoms with E-state index in [-0.39, 0.29) is 23.9 Å². The van der Waals surface area contributed by atoms with E-state index in [0.717, 1.165) is 6.07 Å². The molecule has 1 unspecified atom stereocenters. The number of fused-ring (bicyclic) bond motifs is 2. The summed E-state index contributed by atoms with van der Waals surface area (Å²) in [5.41, 5.74) is 1.04. The summed E-state index contributed by atoms with van der Waals surface area (Å²) in [5.74, 6) is 0.695. The van der Waals surface area contributed by atoms with Gasteiger partial charge in [-0.15, -0.1) is 0 Å². The van der Waals surface area contributed by atoms with Crippen molar-refractivity contribution in [2.24, 2.45) is 11.8 Å². The molecule has 5 rings (SSSR count). The molecule has 0 bridgehead atoms. The lowest BCUT2D eigenvalue weighted by Gasteiger charge is -2.23. The Morgan fingerprint density at radius 3 is 2.50 bits per heavy atom. The van der Waals surface area contributed by atoms with E-state index in [2.05, 4.69) is 10.6 Å². The van der Waals surface area contributed by atoms with Crippen molar-refractivity contribution in [1.82, 2.24) is 5.32 Å². The van der Waals surface area contributed by atoms with E-state index in [9.17, 15) is 13.6 Å². The van der Waals surface area contributed by atoms with Crippen molar-refractivity contribution in [2.75, 3.05) is 36.5 Å². The molecule has 3 atom stereocenters. The molecule has 2 heterocycles. The lowest BCUT2D eigenvalue weighted by molar-refractivity contribution is 0.171. The van der Waals surface area contributed by atoms with Gasteiger partial charge in [0.05, 0.1) is 5.69 Å². The van der Waals surface area contributed by atoms with E-state index in [4.69, 9.17) is 9.47 Å². The standard InChI is InChI=1S/C20H19F2N3O3/c21-11-1-3-16(15(22)7-11)25-9-13-14(10-25)19(13)24-20(26)23-12-2-4-17-18(8-12)28-6-5-27-17/h1-4,7-8,13-14,19H,5-6,9-10H2,(H2,23,24,26)/t13-,14+,19?. The van der Waals surface area contributed by atoms with Gasteiger partial charge in [0.2, 0.25) is 0 Å². The van der Waals surface area contributed by atoms with Crippen LogP contribution >= 0.6 is 0 Å². The highest BCUT2D eigenvalue weighted by molar-refractivity contribution is 5.90. The van der Waals surface area contributed by atoms with Gasteiger partial charge < -0.3 is 25.0 Å². The first-order valence-corrected chi connectivity index (χ1v) is 9.25. The van der Waals surface area contributed by atoms with Gasteiger partial charge in [0.25, 0.3) is 0 Å². The van der Waals surface area contributed by atoms with Crippen LogP contribution in [0.1, 0.15) is 0 Å². The zero-order valence-corrected chi connectivity index (χ0v) is 15.0. The highest BCUT2D eigenvalue weighted by Crippen LogP contribution is 2.47. The molecular formula is C20H19F2N3O3. The molecule has 2 fully saturated rings.